The molecule has 7 rings (SSSR count). The van der Waals surface area contributed by atoms with Crippen LogP contribution in [-0.2, 0) is 21.1 Å². The molecule has 0 amide bonds. The van der Waals surface area contributed by atoms with Crippen molar-refractivity contribution in [3.8, 4) is 0 Å². The quantitative estimate of drug-likeness (QED) is 0.0766. The van der Waals surface area contributed by atoms with Gasteiger partial charge >= 0.3 is 0 Å². The minimum atomic E-state index is -1.07. The van der Waals surface area contributed by atoms with Crippen LogP contribution in [0, 0.1) is 6.67 Å². The van der Waals surface area contributed by atoms with Gasteiger partial charge in [-0.1, -0.05) is 213 Å². The van der Waals surface area contributed by atoms with E-state index >= 15 is 0 Å². The van der Waals surface area contributed by atoms with Crippen LogP contribution in [0.4, 0.5) is 11.4 Å². The first-order valence-corrected chi connectivity index (χ1v) is 25.1. The van der Waals surface area contributed by atoms with E-state index in [0.717, 1.165) is 0 Å². The van der Waals surface area contributed by atoms with Crippen LogP contribution in [0.3, 0.4) is 0 Å². The summed E-state index contributed by atoms with van der Waals surface area (Å²) in [5.74, 6) is 1.92. The van der Waals surface area contributed by atoms with Crippen molar-refractivity contribution in [1.82, 2.24) is 0 Å². The molecule has 304 valence electrons. The first-order valence-electron chi connectivity index (χ1n) is 20.1. The van der Waals surface area contributed by atoms with E-state index in [9.17, 15) is 0 Å². The standard InChI is InChI=1S/C27H37N2.2C12H10ClSi.Pt/c1-18(2)22-11-9-12-23(19(3)4)26(22)28-15-16-29(17-28)27-24(20(5)6)13-10-14-25(27)21(7)8;2*13-14(11-7-3-1-4-8-11)12-9-5-2-6-10-12;/h9-21H,1-8H3;2*1-10H;/q-1;;;. The van der Waals surface area contributed by atoms with Crippen LogP contribution in [0.2, 0.25) is 0 Å². The summed E-state index contributed by atoms with van der Waals surface area (Å²) in [6, 6.07) is 54.6. The van der Waals surface area contributed by atoms with E-state index in [4.69, 9.17) is 22.2 Å². The van der Waals surface area contributed by atoms with Crippen LogP contribution >= 0.6 is 22.2 Å². The molecular formula is C51H57Cl2N2PtSi2-. The molecule has 0 N–H and O–H groups in total. The second-order valence-electron chi connectivity index (χ2n) is 15.5. The summed E-state index contributed by atoms with van der Waals surface area (Å²) in [6.45, 7) is 20.5. The monoisotopic (exact) mass is 1020 g/mol. The van der Waals surface area contributed by atoms with E-state index in [0.29, 0.717) is 23.7 Å². The molecule has 0 bridgehead atoms. The molecule has 0 fully saturated rings. The van der Waals surface area contributed by atoms with Gasteiger partial charge in [0, 0.05) is 32.4 Å². The molecule has 1 aliphatic heterocycles. The summed E-state index contributed by atoms with van der Waals surface area (Å²) < 4.78 is 0. The van der Waals surface area contributed by atoms with Crippen molar-refractivity contribution in [2.45, 2.75) is 79.1 Å². The number of nitrogens with zero attached hydrogens (tertiary/aromatic N) is 2. The summed E-state index contributed by atoms with van der Waals surface area (Å²) in [5, 5.41) is 4.96. The second-order valence-corrected chi connectivity index (χ2v) is 21.3. The predicted octanol–water partition coefficient (Wildman–Crippen LogP) is 12.2. The molecule has 2 nitrogen and oxygen atoms in total. The number of anilines is 2. The van der Waals surface area contributed by atoms with Crippen molar-refractivity contribution in [3.63, 3.8) is 0 Å². The van der Waals surface area contributed by atoms with Crippen molar-refractivity contribution >= 4 is 70.5 Å². The molecule has 0 saturated heterocycles. The van der Waals surface area contributed by atoms with Crippen molar-refractivity contribution in [3.05, 3.63) is 199 Å². The topological polar surface area (TPSA) is 6.48 Å². The Morgan fingerprint density at radius 2 is 0.586 bits per heavy atom. The molecule has 0 atom stereocenters. The van der Waals surface area contributed by atoms with Crippen LogP contribution in [0.1, 0.15) is 101 Å². The Bertz CT molecular complexity index is 1850. The maximum atomic E-state index is 6.43. The fourth-order valence-electron chi connectivity index (χ4n) is 6.91. The first kappa shape index (κ1) is 47.0. The zero-order valence-corrected chi connectivity index (χ0v) is 40.8. The first-order chi connectivity index (χ1) is 27.5. The van der Waals surface area contributed by atoms with E-state index in [1.807, 2.05) is 72.8 Å². The number of para-hydroxylation sites is 2. The number of hydrogen-bond donors (Lipinski definition) is 0. The third kappa shape index (κ3) is 12.4. The van der Waals surface area contributed by atoms with Gasteiger partial charge < -0.3 is 9.80 Å². The summed E-state index contributed by atoms with van der Waals surface area (Å²) in [7, 11) is -2.15. The predicted molar refractivity (Wildman–Crippen MR) is 255 cm³/mol. The molecule has 58 heavy (non-hydrogen) atoms. The van der Waals surface area contributed by atoms with Crippen molar-refractivity contribution in [2.24, 2.45) is 0 Å². The second kappa shape index (κ2) is 23.2. The fraction of sp³-hybridized carbons (Fsp3) is 0.235. The molecule has 0 aliphatic carbocycles. The van der Waals surface area contributed by atoms with E-state index in [-0.39, 0.29) is 21.1 Å². The molecule has 2 radical (unpaired) electrons. The molecule has 1 heterocycles. The van der Waals surface area contributed by atoms with Crippen LogP contribution in [0.15, 0.2) is 170 Å². The van der Waals surface area contributed by atoms with Gasteiger partial charge in [0.1, 0.15) is 0 Å². The molecule has 6 aromatic rings. The summed E-state index contributed by atoms with van der Waals surface area (Å²) in [6.07, 6.45) is 4.43. The largest absolute Gasteiger partial charge is 0.479 e. The van der Waals surface area contributed by atoms with E-state index in [1.54, 1.807) is 0 Å². The minimum absolute atomic E-state index is 0. The van der Waals surface area contributed by atoms with Gasteiger partial charge in [-0.25, -0.2) is 0 Å². The normalized spacial score (nSPS) is 12.2. The van der Waals surface area contributed by atoms with Gasteiger partial charge in [0.05, 0.1) is 0 Å². The minimum Gasteiger partial charge on any atom is -0.479 e. The van der Waals surface area contributed by atoms with Crippen LogP contribution < -0.4 is 30.5 Å². The molecule has 6 aromatic carbocycles. The maximum absolute atomic E-state index is 6.43. The van der Waals surface area contributed by atoms with Gasteiger partial charge in [-0.3, -0.25) is 0 Å². The Labute approximate surface area is 376 Å². The van der Waals surface area contributed by atoms with Gasteiger partial charge in [0.15, 0.2) is 0 Å². The summed E-state index contributed by atoms with van der Waals surface area (Å²) >= 11 is 12.9. The molecular weight excluding hydrogens is 963 g/mol. The van der Waals surface area contributed by atoms with Crippen LogP contribution in [-0.4, -0.2) is 16.2 Å². The fourth-order valence-corrected chi connectivity index (χ4v) is 11.0. The third-order valence-electron chi connectivity index (χ3n) is 9.95. The number of benzene rings is 6. The zero-order chi connectivity index (χ0) is 40.9. The van der Waals surface area contributed by atoms with Gasteiger partial charge in [0.2, 0.25) is 16.2 Å². The van der Waals surface area contributed by atoms with Gasteiger partial charge in [-0.2, -0.15) is 22.2 Å². The van der Waals surface area contributed by atoms with E-state index in [1.165, 1.54) is 54.4 Å². The molecule has 0 saturated carbocycles. The van der Waals surface area contributed by atoms with Gasteiger partial charge in [0.25, 0.3) is 0 Å². The Kier molecular flexibility index (Phi) is 18.8. The van der Waals surface area contributed by atoms with Crippen LogP contribution in [0.25, 0.3) is 0 Å². The Hall–Kier alpha value is -3.64. The number of rotatable bonds is 10. The smallest absolute Gasteiger partial charge is 0.234 e. The molecule has 7 heteroatoms. The summed E-state index contributed by atoms with van der Waals surface area (Å²) in [5.41, 5.74) is 8.29. The number of halogens is 2. The Balaban J connectivity index is 0.000000214. The molecule has 0 aromatic heterocycles. The average Bonchev–Trinajstić information content (AvgIpc) is 3.74. The van der Waals surface area contributed by atoms with Crippen LogP contribution in [0.5, 0.6) is 0 Å². The van der Waals surface area contributed by atoms with E-state index < -0.39 is 16.2 Å². The van der Waals surface area contributed by atoms with Crippen molar-refractivity contribution in [1.29, 1.82) is 0 Å². The van der Waals surface area contributed by atoms with Crippen molar-refractivity contribution in [2.75, 3.05) is 9.80 Å². The molecule has 0 unspecified atom stereocenters. The molecule has 1 aliphatic rings. The van der Waals surface area contributed by atoms with E-state index in [2.05, 4.69) is 169 Å². The zero-order valence-electron chi connectivity index (χ0n) is 35.0. The third-order valence-corrected chi connectivity index (χ3v) is 15.9. The Morgan fingerprint density at radius 1 is 0.362 bits per heavy atom. The SMILES string of the molecule is CC(C)c1cccc(C(C)C)c1N1C=CN(c2c(C(C)C)cccc2C(C)C)[CH-]1.Cl[Si](c1ccccc1)c1ccccc1.Cl[Si](c1ccccc1)c1ccccc1.[Pt]. The maximum Gasteiger partial charge on any atom is 0.234 e. The van der Waals surface area contributed by atoms with Crippen molar-refractivity contribution < 1.29 is 21.1 Å². The number of hydrogen-bond acceptors (Lipinski definition) is 2. The van der Waals surface area contributed by atoms with Gasteiger partial charge in [-0.05, 0) is 79.1 Å². The van der Waals surface area contributed by atoms with Gasteiger partial charge in [-0.15, -0.1) is 6.67 Å². The summed E-state index contributed by atoms with van der Waals surface area (Å²) in [4.78, 5) is 4.65. The Morgan fingerprint density at radius 3 is 0.793 bits per heavy atom. The molecule has 0 spiro atoms. The average molecular weight is 1020 g/mol.